The Morgan fingerprint density at radius 1 is 1.23 bits per heavy atom. The maximum Gasteiger partial charge on any atom is 0.322 e. The van der Waals surface area contributed by atoms with Gasteiger partial charge in [0.2, 0.25) is 0 Å². The largest absolute Gasteiger partial charge is 0.497 e. The van der Waals surface area contributed by atoms with Crippen molar-refractivity contribution in [1.29, 1.82) is 0 Å². The van der Waals surface area contributed by atoms with Crippen LogP contribution in [-0.2, 0) is 6.54 Å². The second-order valence-electron chi connectivity index (χ2n) is 4.80. The molecule has 116 valence electrons. The van der Waals surface area contributed by atoms with Crippen molar-refractivity contribution in [3.05, 3.63) is 59.9 Å². The standard InChI is InChI=1S/C17H19FN2O2/c1-3-20(12-13-5-4-6-14(18)11-13)17(21)19-15-7-9-16(22-2)10-8-15/h4-11H,3,12H2,1-2H3,(H,19,21). The Morgan fingerprint density at radius 2 is 1.95 bits per heavy atom. The van der Waals surface area contributed by atoms with E-state index in [1.807, 2.05) is 6.92 Å². The average molecular weight is 302 g/mol. The summed E-state index contributed by atoms with van der Waals surface area (Å²) in [4.78, 5) is 13.9. The lowest BCUT2D eigenvalue weighted by atomic mass is 10.2. The molecule has 0 fully saturated rings. The zero-order valence-corrected chi connectivity index (χ0v) is 12.7. The number of amides is 2. The molecule has 0 heterocycles. The fraction of sp³-hybridized carbons (Fsp3) is 0.235. The molecular formula is C17H19FN2O2. The van der Waals surface area contributed by atoms with Crippen LogP contribution in [0, 0.1) is 5.82 Å². The summed E-state index contributed by atoms with van der Waals surface area (Å²) in [6.07, 6.45) is 0. The predicted molar refractivity (Wildman–Crippen MR) is 84.5 cm³/mol. The highest BCUT2D eigenvalue weighted by Crippen LogP contribution is 2.16. The van der Waals surface area contributed by atoms with Gasteiger partial charge in [-0.25, -0.2) is 9.18 Å². The number of hydrogen-bond acceptors (Lipinski definition) is 2. The Bertz CT molecular complexity index is 629. The highest BCUT2D eigenvalue weighted by molar-refractivity contribution is 5.89. The van der Waals surface area contributed by atoms with Crippen LogP contribution in [-0.4, -0.2) is 24.6 Å². The van der Waals surface area contributed by atoms with E-state index in [-0.39, 0.29) is 11.8 Å². The molecule has 0 saturated heterocycles. The number of hydrogen-bond donors (Lipinski definition) is 1. The number of benzene rings is 2. The summed E-state index contributed by atoms with van der Waals surface area (Å²) in [7, 11) is 1.59. The predicted octanol–water partition coefficient (Wildman–Crippen LogP) is 3.89. The number of nitrogens with one attached hydrogen (secondary N) is 1. The number of urea groups is 1. The first-order valence-corrected chi connectivity index (χ1v) is 7.06. The first kappa shape index (κ1) is 15.8. The van der Waals surface area contributed by atoms with Crippen molar-refractivity contribution in [3.63, 3.8) is 0 Å². The number of rotatable bonds is 5. The van der Waals surface area contributed by atoms with Gasteiger partial charge in [0.15, 0.2) is 0 Å². The van der Waals surface area contributed by atoms with Gasteiger partial charge in [0, 0.05) is 18.8 Å². The first-order valence-electron chi connectivity index (χ1n) is 7.06. The first-order chi connectivity index (χ1) is 10.6. The maximum atomic E-state index is 13.2. The minimum absolute atomic E-state index is 0.225. The molecule has 0 aliphatic carbocycles. The van der Waals surface area contributed by atoms with E-state index < -0.39 is 0 Å². The van der Waals surface area contributed by atoms with Crippen LogP contribution in [0.25, 0.3) is 0 Å². The molecule has 0 radical (unpaired) electrons. The van der Waals surface area contributed by atoms with Crippen LogP contribution in [0.15, 0.2) is 48.5 Å². The molecular weight excluding hydrogens is 283 g/mol. The van der Waals surface area contributed by atoms with Crippen molar-refractivity contribution in [1.82, 2.24) is 4.90 Å². The van der Waals surface area contributed by atoms with Crippen LogP contribution in [0.5, 0.6) is 5.75 Å². The van der Waals surface area contributed by atoms with E-state index >= 15 is 0 Å². The number of carbonyl (C=O) groups excluding carboxylic acids is 1. The molecule has 0 aliphatic rings. The molecule has 0 unspecified atom stereocenters. The van der Waals surface area contributed by atoms with Gasteiger partial charge >= 0.3 is 6.03 Å². The number of carbonyl (C=O) groups is 1. The van der Waals surface area contributed by atoms with Gasteiger partial charge in [-0.05, 0) is 48.9 Å². The fourth-order valence-electron chi connectivity index (χ4n) is 2.06. The monoisotopic (exact) mass is 302 g/mol. The second kappa shape index (κ2) is 7.45. The molecule has 0 atom stereocenters. The van der Waals surface area contributed by atoms with E-state index in [4.69, 9.17) is 4.74 Å². The molecule has 0 saturated carbocycles. The van der Waals surface area contributed by atoms with Gasteiger partial charge < -0.3 is 15.0 Å². The summed E-state index contributed by atoms with van der Waals surface area (Å²) in [6.45, 7) is 2.77. The summed E-state index contributed by atoms with van der Waals surface area (Å²) in [5, 5.41) is 2.82. The van der Waals surface area contributed by atoms with Gasteiger partial charge in [0.05, 0.1) is 7.11 Å². The number of halogens is 1. The Morgan fingerprint density at radius 3 is 2.55 bits per heavy atom. The molecule has 2 aromatic carbocycles. The lowest BCUT2D eigenvalue weighted by molar-refractivity contribution is 0.212. The zero-order valence-electron chi connectivity index (χ0n) is 12.7. The smallest absolute Gasteiger partial charge is 0.322 e. The van der Waals surface area contributed by atoms with Crippen LogP contribution in [0.4, 0.5) is 14.9 Å². The molecule has 0 aliphatic heterocycles. The van der Waals surface area contributed by atoms with Gasteiger partial charge in [-0.2, -0.15) is 0 Å². The van der Waals surface area contributed by atoms with Gasteiger partial charge in [0.1, 0.15) is 11.6 Å². The van der Waals surface area contributed by atoms with E-state index in [1.54, 1.807) is 48.4 Å². The SMILES string of the molecule is CCN(Cc1cccc(F)c1)C(=O)Nc1ccc(OC)cc1. The van der Waals surface area contributed by atoms with E-state index in [1.165, 1.54) is 12.1 Å². The van der Waals surface area contributed by atoms with Crippen LogP contribution >= 0.6 is 0 Å². The molecule has 0 bridgehead atoms. The molecule has 2 aromatic rings. The molecule has 22 heavy (non-hydrogen) atoms. The molecule has 2 amide bonds. The van der Waals surface area contributed by atoms with Crippen molar-refractivity contribution in [2.24, 2.45) is 0 Å². The normalized spacial score (nSPS) is 10.1. The van der Waals surface area contributed by atoms with Gasteiger partial charge in [-0.3, -0.25) is 0 Å². The van der Waals surface area contributed by atoms with Crippen LogP contribution in [0.3, 0.4) is 0 Å². The average Bonchev–Trinajstić information content (AvgIpc) is 2.53. The summed E-state index contributed by atoms with van der Waals surface area (Å²) in [5.74, 6) is 0.425. The van der Waals surface area contributed by atoms with E-state index in [9.17, 15) is 9.18 Å². The Labute approximate surface area is 129 Å². The molecule has 0 spiro atoms. The molecule has 4 nitrogen and oxygen atoms in total. The van der Waals surface area contributed by atoms with Crippen molar-refractivity contribution in [2.75, 3.05) is 19.0 Å². The third-order valence-electron chi connectivity index (χ3n) is 3.27. The van der Waals surface area contributed by atoms with Crippen molar-refractivity contribution < 1.29 is 13.9 Å². The highest BCUT2D eigenvalue weighted by Gasteiger charge is 2.12. The third-order valence-corrected chi connectivity index (χ3v) is 3.27. The van der Waals surface area contributed by atoms with Crippen LogP contribution in [0.1, 0.15) is 12.5 Å². The highest BCUT2D eigenvalue weighted by atomic mass is 19.1. The van der Waals surface area contributed by atoms with Crippen molar-refractivity contribution in [2.45, 2.75) is 13.5 Å². The lowest BCUT2D eigenvalue weighted by Gasteiger charge is -2.21. The number of ether oxygens (including phenoxy) is 1. The maximum absolute atomic E-state index is 13.2. The summed E-state index contributed by atoms with van der Waals surface area (Å²) in [6, 6.07) is 13.1. The van der Waals surface area contributed by atoms with E-state index in [0.717, 1.165) is 11.3 Å². The minimum atomic E-state index is -0.302. The topological polar surface area (TPSA) is 41.6 Å². The molecule has 2 rings (SSSR count). The molecule has 1 N–H and O–H groups in total. The Balaban J connectivity index is 2.01. The number of nitrogens with zero attached hydrogens (tertiary/aromatic N) is 1. The quantitative estimate of drug-likeness (QED) is 0.910. The van der Waals surface area contributed by atoms with E-state index in [2.05, 4.69) is 5.32 Å². The van der Waals surface area contributed by atoms with Crippen molar-refractivity contribution >= 4 is 11.7 Å². The van der Waals surface area contributed by atoms with Gasteiger partial charge in [0.25, 0.3) is 0 Å². The van der Waals surface area contributed by atoms with Crippen LogP contribution < -0.4 is 10.1 Å². The number of methoxy groups -OCH3 is 1. The van der Waals surface area contributed by atoms with E-state index in [0.29, 0.717) is 18.8 Å². The van der Waals surface area contributed by atoms with Crippen molar-refractivity contribution in [3.8, 4) is 5.75 Å². The minimum Gasteiger partial charge on any atom is -0.497 e. The zero-order chi connectivity index (χ0) is 15.9. The molecule has 5 heteroatoms. The summed E-state index contributed by atoms with van der Waals surface area (Å²) >= 11 is 0. The molecule has 0 aromatic heterocycles. The summed E-state index contributed by atoms with van der Waals surface area (Å²) < 4.78 is 18.3. The fourth-order valence-corrected chi connectivity index (χ4v) is 2.06. The third kappa shape index (κ3) is 4.22. The Kier molecular flexibility index (Phi) is 5.36. The lowest BCUT2D eigenvalue weighted by Crippen LogP contribution is -2.34. The van der Waals surface area contributed by atoms with Gasteiger partial charge in [-0.15, -0.1) is 0 Å². The second-order valence-corrected chi connectivity index (χ2v) is 4.80. The number of anilines is 1. The van der Waals surface area contributed by atoms with Crippen LogP contribution in [0.2, 0.25) is 0 Å². The van der Waals surface area contributed by atoms with Gasteiger partial charge in [-0.1, -0.05) is 12.1 Å². The Hall–Kier alpha value is -2.56. The summed E-state index contributed by atoms with van der Waals surface area (Å²) in [5.41, 5.74) is 1.44.